The largest absolute Gasteiger partial charge is 0.497 e. The maximum absolute atomic E-state index is 12.9. The minimum absolute atomic E-state index is 0.0368. The molecule has 2 aliphatic rings. The van der Waals surface area contributed by atoms with Crippen molar-refractivity contribution in [3.05, 3.63) is 57.3 Å². The number of aryl methyl sites for hydroxylation is 1. The molecule has 0 saturated carbocycles. The number of hydrogen-bond donors (Lipinski definition) is 3. The van der Waals surface area contributed by atoms with Crippen LogP contribution in [-0.4, -0.2) is 51.9 Å². The van der Waals surface area contributed by atoms with Crippen molar-refractivity contribution in [2.45, 2.75) is 19.0 Å². The van der Waals surface area contributed by atoms with E-state index in [0.717, 1.165) is 5.56 Å². The zero-order valence-corrected chi connectivity index (χ0v) is 16.2. The summed E-state index contributed by atoms with van der Waals surface area (Å²) in [5.41, 5.74) is -0.897. The monoisotopic (exact) mass is 407 g/mol. The summed E-state index contributed by atoms with van der Waals surface area (Å²) in [5, 5.41) is 4.64. The highest BCUT2D eigenvalue weighted by atomic mass is 16.5. The summed E-state index contributed by atoms with van der Waals surface area (Å²) in [6, 6.07) is 4.41. The van der Waals surface area contributed by atoms with Crippen molar-refractivity contribution >= 4 is 17.8 Å². The van der Waals surface area contributed by atoms with Gasteiger partial charge in [-0.2, -0.15) is 0 Å². The van der Waals surface area contributed by atoms with E-state index in [2.05, 4.69) is 32.4 Å². The fourth-order valence-electron chi connectivity index (χ4n) is 3.36. The van der Waals surface area contributed by atoms with Gasteiger partial charge in [0.2, 0.25) is 5.54 Å². The standard InChI is InChI=1S/C20H17N5O5/c1-11-21-8-12(16(26)22-11)5-6-20(18(28)23-19(29)24-20)10-25-9-13-3-4-14(30-2)7-15(13)17(25)27/h3-4,7-8H,9-10H2,1-2H3,(H,21,22,26)(H2,23,24,28,29). The second kappa shape index (κ2) is 7.04. The first-order valence-corrected chi connectivity index (χ1v) is 9.00. The highest BCUT2D eigenvalue weighted by Crippen LogP contribution is 2.28. The van der Waals surface area contributed by atoms with E-state index in [9.17, 15) is 19.2 Å². The molecule has 4 amide bonds. The second-order valence-electron chi connectivity index (χ2n) is 6.96. The number of carbonyl (C=O) groups is 3. The molecular weight excluding hydrogens is 390 g/mol. The third-order valence-electron chi connectivity index (χ3n) is 4.90. The smallest absolute Gasteiger partial charge is 0.323 e. The number of H-pyrrole nitrogens is 1. The Bertz CT molecular complexity index is 1210. The van der Waals surface area contributed by atoms with Crippen LogP contribution < -0.4 is 20.9 Å². The topological polar surface area (TPSA) is 133 Å². The van der Waals surface area contributed by atoms with Gasteiger partial charge in [-0.05, 0) is 24.6 Å². The fraction of sp³-hybridized carbons (Fsp3) is 0.250. The lowest BCUT2D eigenvalue weighted by molar-refractivity contribution is -0.122. The minimum atomic E-state index is -1.70. The number of methoxy groups -OCH3 is 1. The van der Waals surface area contributed by atoms with Gasteiger partial charge in [-0.15, -0.1) is 0 Å². The normalized spacial score (nSPS) is 19.7. The molecule has 2 aromatic rings. The van der Waals surface area contributed by atoms with E-state index in [0.29, 0.717) is 17.1 Å². The molecule has 1 atom stereocenters. The first-order chi connectivity index (χ1) is 14.3. The predicted molar refractivity (Wildman–Crippen MR) is 104 cm³/mol. The van der Waals surface area contributed by atoms with Crippen LogP contribution in [0.2, 0.25) is 0 Å². The Labute approximate surface area is 170 Å². The Balaban J connectivity index is 1.67. The van der Waals surface area contributed by atoms with Crippen LogP contribution in [0.25, 0.3) is 0 Å². The van der Waals surface area contributed by atoms with Gasteiger partial charge < -0.3 is 19.9 Å². The molecule has 30 heavy (non-hydrogen) atoms. The number of amides is 4. The molecule has 10 heteroatoms. The summed E-state index contributed by atoms with van der Waals surface area (Å²) in [6.45, 7) is 1.68. The van der Waals surface area contributed by atoms with Gasteiger partial charge in [0.15, 0.2) is 0 Å². The van der Waals surface area contributed by atoms with Crippen LogP contribution in [-0.2, 0) is 11.3 Å². The number of urea groups is 1. The fourth-order valence-corrected chi connectivity index (χ4v) is 3.36. The maximum atomic E-state index is 12.9. The highest BCUT2D eigenvalue weighted by Gasteiger charge is 2.48. The molecule has 1 saturated heterocycles. The summed E-state index contributed by atoms with van der Waals surface area (Å²) in [4.78, 5) is 57.2. The number of ether oxygens (including phenoxy) is 1. The van der Waals surface area contributed by atoms with E-state index < -0.39 is 23.0 Å². The zero-order chi connectivity index (χ0) is 21.5. The van der Waals surface area contributed by atoms with Crippen LogP contribution in [0.5, 0.6) is 5.75 Å². The molecule has 4 rings (SSSR count). The van der Waals surface area contributed by atoms with E-state index >= 15 is 0 Å². The van der Waals surface area contributed by atoms with Gasteiger partial charge in [-0.3, -0.25) is 19.7 Å². The van der Waals surface area contributed by atoms with Gasteiger partial charge in [0.1, 0.15) is 17.1 Å². The molecule has 0 radical (unpaired) electrons. The van der Waals surface area contributed by atoms with Crippen LogP contribution in [0.15, 0.2) is 29.2 Å². The zero-order valence-electron chi connectivity index (χ0n) is 16.2. The summed E-state index contributed by atoms with van der Waals surface area (Å²) < 4.78 is 5.16. The van der Waals surface area contributed by atoms with E-state index in [1.54, 1.807) is 25.1 Å². The van der Waals surface area contributed by atoms with E-state index in [4.69, 9.17) is 4.74 Å². The number of nitrogens with zero attached hydrogens (tertiary/aromatic N) is 2. The number of carbonyl (C=O) groups excluding carboxylic acids is 3. The van der Waals surface area contributed by atoms with Crippen molar-refractivity contribution in [1.82, 2.24) is 25.5 Å². The van der Waals surface area contributed by atoms with Crippen molar-refractivity contribution in [2.75, 3.05) is 13.7 Å². The Morgan fingerprint density at radius 2 is 2.07 bits per heavy atom. The van der Waals surface area contributed by atoms with Crippen LogP contribution in [0.3, 0.4) is 0 Å². The van der Waals surface area contributed by atoms with Crippen LogP contribution in [0, 0.1) is 18.8 Å². The van der Waals surface area contributed by atoms with E-state index in [1.807, 2.05) is 0 Å². The highest BCUT2D eigenvalue weighted by molar-refractivity contribution is 6.10. The number of aromatic nitrogens is 2. The first kappa shape index (κ1) is 19.2. The number of rotatable bonds is 3. The molecule has 1 unspecified atom stereocenters. The van der Waals surface area contributed by atoms with Gasteiger partial charge in [-0.1, -0.05) is 17.9 Å². The molecule has 1 fully saturated rings. The minimum Gasteiger partial charge on any atom is -0.497 e. The van der Waals surface area contributed by atoms with Crippen LogP contribution in [0.4, 0.5) is 4.79 Å². The number of hydrogen-bond acceptors (Lipinski definition) is 6. The Kier molecular flexibility index (Phi) is 4.50. The number of fused-ring (bicyclic) bond motifs is 1. The summed E-state index contributed by atoms with van der Waals surface area (Å²) in [7, 11) is 1.50. The molecule has 1 aromatic carbocycles. The lowest BCUT2D eigenvalue weighted by atomic mass is 9.99. The molecule has 2 aliphatic heterocycles. The molecular formula is C20H17N5O5. The number of imide groups is 1. The molecule has 3 N–H and O–H groups in total. The van der Waals surface area contributed by atoms with Crippen molar-refractivity contribution in [3.63, 3.8) is 0 Å². The number of benzene rings is 1. The van der Waals surface area contributed by atoms with Gasteiger partial charge in [0.05, 0.1) is 19.9 Å². The quantitative estimate of drug-likeness (QED) is 0.471. The first-order valence-electron chi connectivity index (χ1n) is 9.00. The third-order valence-corrected chi connectivity index (χ3v) is 4.90. The van der Waals surface area contributed by atoms with Crippen LogP contribution >= 0.6 is 0 Å². The summed E-state index contributed by atoms with van der Waals surface area (Å²) in [6.07, 6.45) is 1.28. The molecule has 0 spiro atoms. The third kappa shape index (κ3) is 3.26. The van der Waals surface area contributed by atoms with Crippen molar-refractivity contribution < 1.29 is 19.1 Å². The van der Waals surface area contributed by atoms with Gasteiger partial charge in [-0.25, -0.2) is 9.78 Å². The predicted octanol–water partition coefficient (Wildman–Crippen LogP) is -0.327. The SMILES string of the molecule is COc1ccc2c(c1)C(=O)N(CC1(C#Cc3cnc(C)[nH]c3=O)NC(=O)NC1=O)C2. The van der Waals surface area contributed by atoms with Crippen molar-refractivity contribution in [3.8, 4) is 17.6 Å². The Hall–Kier alpha value is -4.13. The van der Waals surface area contributed by atoms with E-state index in [1.165, 1.54) is 18.2 Å². The summed E-state index contributed by atoms with van der Waals surface area (Å²) >= 11 is 0. The van der Waals surface area contributed by atoms with Gasteiger partial charge in [0, 0.05) is 12.1 Å². The molecule has 0 aliphatic carbocycles. The Morgan fingerprint density at radius 3 is 2.73 bits per heavy atom. The second-order valence-corrected chi connectivity index (χ2v) is 6.96. The average molecular weight is 407 g/mol. The number of aromatic amines is 1. The van der Waals surface area contributed by atoms with E-state index in [-0.39, 0.29) is 24.6 Å². The summed E-state index contributed by atoms with van der Waals surface area (Å²) in [5.74, 6) is 5.24. The molecule has 0 bridgehead atoms. The van der Waals surface area contributed by atoms with Crippen molar-refractivity contribution in [2.24, 2.45) is 0 Å². The molecule has 152 valence electrons. The molecule has 3 heterocycles. The Morgan fingerprint density at radius 1 is 1.27 bits per heavy atom. The molecule has 1 aromatic heterocycles. The molecule has 10 nitrogen and oxygen atoms in total. The number of nitrogens with one attached hydrogen (secondary N) is 3. The lowest BCUT2D eigenvalue weighted by Crippen LogP contribution is -2.54. The average Bonchev–Trinajstić information content (AvgIpc) is 3.16. The van der Waals surface area contributed by atoms with Gasteiger partial charge >= 0.3 is 6.03 Å². The maximum Gasteiger partial charge on any atom is 0.323 e. The lowest BCUT2D eigenvalue weighted by Gasteiger charge is -2.26. The van der Waals surface area contributed by atoms with Crippen LogP contribution in [0.1, 0.15) is 27.3 Å². The van der Waals surface area contributed by atoms with Gasteiger partial charge in [0.25, 0.3) is 17.4 Å². The van der Waals surface area contributed by atoms with Crippen molar-refractivity contribution in [1.29, 1.82) is 0 Å².